The third-order valence-corrected chi connectivity index (χ3v) is 4.33. The second kappa shape index (κ2) is 4.95. The minimum Gasteiger partial charge on any atom is -0.450 e. The molecule has 7 heteroatoms. The molecule has 0 bridgehead atoms. The van der Waals surface area contributed by atoms with Crippen molar-refractivity contribution in [3.63, 3.8) is 0 Å². The summed E-state index contributed by atoms with van der Waals surface area (Å²) in [7, 11) is -3.33. The topological polar surface area (TPSA) is 75.5 Å². The lowest BCUT2D eigenvalue weighted by Crippen LogP contribution is -2.14. The van der Waals surface area contributed by atoms with Crippen LogP contribution in [0.1, 0.15) is 6.92 Å². The van der Waals surface area contributed by atoms with E-state index in [-0.39, 0.29) is 11.5 Å². The van der Waals surface area contributed by atoms with Crippen molar-refractivity contribution >= 4 is 21.8 Å². The molecule has 2 rings (SSSR count). The van der Waals surface area contributed by atoms with Crippen LogP contribution in [-0.2, 0) is 14.8 Å². The monoisotopic (exact) mass is 270 g/mol. The van der Waals surface area contributed by atoms with Crippen LogP contribution in [0, 0.1) is 0 Å². The van der Waals surface area contributed by atoms with Gasteiger partial charge < -0.3 is 4.74 Å². The van der Waals surface area contributed by atoms with Crippen LogP contribution in [0.2, 0.25) is 0 Å². The van der Waals surface area contributed by atoms with Gasteiger partial charge in [0.2, 0.25) is 10.0 Å². The fraction of sp³-hybridized carbons (Fsp3) is 0.364. The molecule has 1 aliphatic rings. The molecule has 1 aromatic carbocycles. The number of carbonyl (C=O) groups is 1. The van der Waals surface area contributed by atoms with Gasteiger partial charge in [-0.1, -0.05) is 0 Å². The van der Waals surface area contributed by atoms with E-state index in [9.17, 15) is 13.2 Å². The number of sulfonamides is 1. The highest BCUT2D eigenvalue weighted by molar-refractivity contribution is 7.89. The number of ether oxygens (including phenoxy) is 1. The van der Waals surface area contributed by atoms with Crippen molar-refractivity contribution in [1.82, 2.24) is 4.31 Å². The summed E-state index contributed by atoms with van der Waals surface area (Å²) in [5.74, 6) is 0. The molecular formula is C11H14N2O4S. The lowest BCUT2D eigenvalue weighted by Gasteiger charge is -2.07. The van der Waals surface area contributed by atoms with Gasteiger partial charge in [-0.15, -0.1) is 0 Å². The first kappa shape index (κ1) is 12.8. The molecular weight excluding hydrogens is 256 g/mol. The Morgan fingerprint density at radius 3 is 2.44 bits per heavy atom. The Bertz CT molecular complexity index is 535. The Morgan fingerprint density at radius 1 is 1.33 bits per heavy atom. The summed E-state index contributed by atoms with van der Waals surface area (Å²) in [5, 5.41) is 2.50. The highest BCUT2D eigenvalue weighted by Crippen LogP contribution is 2.22. The van der Waals surface area contributed by atoms with Gasteiger partial charge in [-0.3, -0.25) is 5.32 Å². The normalized spacial score (nSPS) is 15.2. The van der Waals surface area contributed by atoms with Gasteiger partial charge in [-0.2, -0.15) is 4.31 Å². The van der Waals surface area contributed by atoms with E-state index in [1.165, 1.54) is 28.6 Å². The van der Waals surface area contributed by atoms with E-state index in [0.29, 0.717) is 18.8 Å². The van der Waals surface area contributed by atoms with Crippen LogP contribution < -0.4 is 5.32 Å². The number of hydrogen-bond acceptors (Lipinski definition) is 4. The number of carbonyl (C=O) groups excluding carboxylic acids is 1. The molecule has 1 aliphatic heterocycles. The molecule has 1 amide bonds. The number of nitrogens with one attached hydrogen (secondary N) is 1. The number of nitrogens with zero attached hydrogens (tertiary/aromatic N) is 1. The predicted octanol–water partition coefficient (Wildman–Crippen LogP) is 1.26. The minimum atomic E-state index is -3.33. The van der Waals surface area contributed by atoms with Gasteiger partial charge in [0.05, 0.1) is 11.5 Å². The summed E-state index contributed by atoms with van der Waals surface area (Å²) in [6.45, 7) is 3.14. The van der Waals surface area contributed by atoms with Crippen molar-refractivity contribution in [2.45, 2.75) is 11.8 Å². The maximum atomic E-state index is 11.8. The average molecular weight is 270 g/mol. The number of anilines is 1. The van der Waals surface area contributed by atoms with Gasteiger partial charge >= 0.3 is 6.09 Å². The molecule has 0 spiro atoms. The van der Waals surface area contributed by atoms with Crippen LogP contribution in [-0.4, -0.2) is 38.5 Å². The van der Waals surface area contributed by atoms with Gasteiger partial charge in [0.1, 0.15) is 0 Å². The van der Waals surface area contributed by atoms with Gasteiger partial charge in [-0.05, 0) is 31.2 Å². The van der Waals surface area contributed by atoms with E-state index in [0.717, 1.165) is 0 Å². The largest absolute Gasteiger partial charge is 0.450 e. The first-order chi connectivity index (χ1) is 8.54. The number of benzene rings is 1. The predicted molar refractivity (Wildman–Crippen MR) is 65.8 cm³/mol. The Kier molecular flexibility index (Phi) is 3.53. The Labute approximate surface area is 106 Å². The fourth-order valence-corrected chi connectivity index (χ4v) is 2.77. The Morgan fingerprint density at radius 2 is 1.94 bits per heavy atom. The smallest absolute Gasteiger partial charge is 0.411 e. The molecule has 0 saturated carbocycles. The van der Waals surface area contributed by atoms with Crippen LogP contribution >= 0.6 is 0 Å². The van der Waals surface area contributed by atoms with Crippen molar-refractivity contribution in [3.05, 3.63) is 24.3 Å². The molecule has 0 radical (unpaired) electrons. The van der Waals surface area contributed by atoms with Crippen molar-refractivity contribution in [2.24, 2.45) is 0 Å². The van der Waals surface area contributed by atoms with Crippen molar-refractivity contribution in [3.8, 4) is 0 Å². The molecule has 0 aliphatic carbocycles. The van der Waals surface area contributed by atoms with Crippen LogP contribution in [0.4, 0.5) is 10.5 Å². The van der Waals surface area contributed by atoms with E-state index >= 15 is 0 Å². The maximum absolute atomic E-state index is 11.8. The number of hydrogen-bond donors (Lipinski definition) is 1. The standard InChI is InChI=1S/C11H14N2O4S/c1-2-17-11(14)12-9-3-5-10(6-4-9)18(15,16)13-7-8-13/h3-6H,2,7-8H2,1H3,(H,12,14). The Balaban J connectivity index is 2.08. The molecule has 1 saturated heterocycles. The van der Waals surface area contributed by atoms with E-state index in [1.54, 1.807) is 6.92 Å². The molecule has 1 fully saturated rings. The first-order valence-corrected chi connectivity index (χ1v) is 7.02. The van der Waals surface area contributed by atoms with Crippen molar-refractivity contribution < 1.29 is 17.9 Å². The average Bonchev–Trinajstić information content (AvgIpc) is 3.14. The molecule has 0 atom stereocenters. The summed E-state index contributed by atoms with van der Waals surface area (Å²) >= 11 is 0. The SMILES string of the molecule is CCOC(=O)Nc1ccc(S(=O)(=O)N2CC2)cc1. The zero-order valence-corrected chi connectivity index (χ0v) is 10.7. The summed E-state index contributed by atoms with van der Waals surface area (Å²) in [6.07, 6.45) is -0.556. The zero-order valence-electron chi connectivity index (χ0n) is 9.92. The van der Waals surface area contributed by atoms with E-state index < -0.39 is 16.1 Å². The Hall–Kier alpha value is -1.60. The summed E-state index contributed by atoms with van der Waals surface area (Å²) in [5.41, 5.74) is 0.498. The number of amides is 1. The lowest BCUT2D eigenvalue weighted by atomic mass is 10.3. The third kappa shape index (κ3) is 2.80. The van der Waals surface area contributed by atoms with E-state index in [2.05, 4.69) is 5.32 Å². The second-order valence-corrected chi connectivity index (χ2v) is 5.71. The molecule has 98 valence electrons. The zero-order chi connectivity index (χ0) is 13.2. The molecule has 0 aromatic heterocycles. The molecule has 1 N–H and O–H groups in total. The first-order valence-electron chi connectivity index (χ1n) is 5.58. The summed E-state index contributed by atoms with van der Waals surface area (Å²) in [4.78, 5) is 11.4. The van der Waals surface area contributed by atoms with Gasteiger partial charge in [0.15, 0.2) is 0 Å². The van der Waals surface area contributed by atoms with Crippen molar-refractivity contribution in [2.75, 3.05) is 25.0 Å². The lowest BCUT2D eigenvalue weighted by molar-refractivity contribution is 0.168. The highest BCUT2D eigenvalue weighted by atomic mass is 32.2. The van der Waals surface area contributed by atoms with Crippen LogP contribution in [0.5, 0.6) is 0 Å². The summed E-state index contributed by atoms with van der Waals surface area (Å²) in [6, 6.07) is 6.00. The highest BCUT2D eigenvalue weighted by Gasteiger charge is 2.32. The van der Waals surface area contributed by atoms with E-state index in [4.69, 9.17) is 4.74 Å². The number of rotatable bonds is 4. The quantitative estimate of drug-likeness (QED) is 0.836. The molecule has 1 heterocycles. The van der Waals surface area contributed by atoms with Gasteiger partial charge in [-0.25, -0.2) is 13.2 Å². The molecule has 0 unspecified atom stereocenters. The van der Waals surface area contributed by atoms with Crippen LogP contribution in [0.25, 0.3) is 0 Å². The van der Waals surface area contributed by atoms with Crippen LogP contribution in [0.3, 0.4) is 0 Å². The summed E-state index contributed by atoms with van der Waals surface area (Å²) < 4.78 is 29.8. The second-order valence-electron chi connectivity index (χ2n) is 3.77. The molecule has 6 nitrogen and oxygen atoms in total. The maximum Gasteiger partial charge on any atom is 0.411 e. The van der Waals surface area contributed by atoms with Crippen molar-refractivity contribution in [1.29, 1.82) is 0 Å². The third-order valence-electron chi connectivity index (χ3n) is 2.42. The van der Waals surface area contributed by atoms with E-state index in [1.807, 2.05) is 0 Å². The molecule has 1 aromatic rings. The fourth-order valence-electron chi connectivity index (χ4n) is 1.43. The molecule has 18 heavy (non-hydrogen) atoms. The minimum absolute atomic E-state index is 0.231. The van der Waals surface area contributed by atoms with Crippen LogP contribution in [0.15, 0.2) is 29.2 Å². The van der Waals surface area contributed by atoms with Gasteiger partial charge in [0, 0.05) is 18.8 Å². The van der Waals surface area contributed by atoms with Gasteiger partial charge in [0.25, 0.3) is 0 Å².